The molecule has 0 radical (unpaired) electrons. The van der Waals surface area contributed by atoms with Crippen molar-refractivity contribution in [1.82, 2.24) is 0 Å². The zero-order chi connectivity index (χ0) is 11.6. The number of hydrogen-bond donors (Lipinski definition) is 1. The Kier molecular flexibility index (Phi) is 5.46. The maximum Gasteiger partial charge on any atom is 0.206 e. The fourth-order valence-corrected chi connectivity index (χ4v) is 0.872. The van der Waals surface area contributed by atoms with Crippen LogP contribution in [0.5, 0.6) is 5.75 Å². The molecule has 0 aliphatic carbocycles. The minimum Gasteiger partial charge on any atom is -1.00 e. The quantitative estimate of drug-likeness (QED) is 0.419. The fraction of sp³-hybridized carbons (Fsp3) is 0.250. The van der Waals surface area contributed by atoms with E-state index in [0.29, 0.717) is 0 Å². The van der Waals surface area contributed by atoms with Gasteiger partial charge in [-0.1, -0.05) is 0 Å². The molecule has 0 fully saturated rings. The van der Waals surface area contributed by atoms with Gasteiger partial charge in [0.25, 0.3) is 0 Å². The van der Waals surface area contributed by atoms with Crippen LogP contribution in [0.25, 0.3) is 0 Å². The predicted molar refractivity (Wildman–Crippen MR) is 40.8 cm³/mol. The number of halogens is 6. The lowest BCUT2D eigenvalue weighted by atomic mass is 10.2. The van der Waals surface area contributed by atoms with Crippen LogP contribution >= 0.6 is 0 Å². The first kappa shape index (κ1) is 14.9. The number of hydrogen-bond acceptors (Lipinski definition) is 2. The second-order valence-corrected chi connectivity index (χ2v) is 2.54. The molecule has 1 aromatic rings. The van der Waals surface area contributed by atoms with Crippen LogP contribution in [0.3, 0.4) is 0 Å². The lowest BCUT2D eigenvalue weighted by Gasteiger charge is -2.08. The van der Waals surface area contributed by atoms with Gasteiger partial charge in [0.15, 0.2) is 5.75 Å². The average molecular weight is 263 g/mol. The van der Waals surface area contributed by atoms with Crippen LogP contribution in [-0.4, -0.2) is 13.2 Å². The molecule has 0 aliphatic heterocycles. The Morgan fingerprint density at radius 2 is 1.19 bits per heavy atom. The van der Waals surface area contributed by atoms with E-state index in [9.17, 15) is 22.0 Å². The molecular formula is C8H6ClF5NO-. The number of nitrogens with two attached hydrogens (primary N) is 1. The van der Waals surface area contributed by atoms with Crippen LogP contribution in [0.2, 0.25) is 0 Å². The summed E-state index contributed by atoms with van der Waals surface area (Å²) < 4.78 is 67.6. The molecule has 16 heavy (non-hydrogen) atoms. The van der Waals surface area contributed by atoms with E-state index < -0.39 is 34.8 Å². The van der Waals surface area contributed by atoms with E-state index in [1.807, 2.05) is 0 Å². The first-order valence-corrected chi connectivity index (χ1v) is 3.85. The minimum absolute atomic E-state index is 0. The summed E-state index contributed by atoms with van der Waals surface area (Å²) in [6.07, 6.45) is 0. The molecule has 2 N–H and O–H groups in total. The molecule has 0 aromatic heterocycles. The Balaban J connectivity index is 0.00000225. The van der Waals surface area contributed by atoms with Crippen LogP contribution in [-0.2, 0) is 0 Å². The van der Waals surface area contributed by atoms with Crippen LogP contribution in [0.4, 0.5) is 22.0 Å². The SMILES string of the molecule is NCCOc1c(F)c(F)c(F)c(F)c1F.[Cl-]. The van der Waals surface area contributed by atoms with Crippen LogP contribution in [0, 0.1) is 29.1 Å². The van der Waals surface area contributed by atoms with Crippen LogP contribution in [0.15, 0.2) is 0 Å². The van der Waals surface area contributed by atoms with Gasteiger partial charge < -0.3 is 22.9 Å². The van der Waals surface area contributed by atoms with Crippen molar-refractivity contribution in [2.45, 2.75) is 0 Å². The summed E-state index contributed by atoms with van der Waals surface area (Å²) in [6, 6.07) is 0. The summed E-state index contributed by atoms with van der Waals surface area (Å²) >= 11 is 0. The topological polar surface area (TPSA) is 35.2 Å². The highest BCUT2D eigenvalue weighted by Crippen LogP contribution is 2.28. The Bertz CT molecular complexity index is 358. The van der Waals surface area contributed by atoms with Gasteiger partial charge in [-0.05, 0) is 0 Å². The zero-order valence-electron chi connectivity index (χ0n) is 7.67. The third kappa shape index (κ3) is 2.53. The van der Waals surface area contributed by atoms with Gasteiger partial charge in [0, 0.05) is 6.54 Å². The molecule has 1 aromatic carbocycles. The molecular weight excluding hydrogens is 257 g/mol. The summed E-state index contributed by atoms with van der Waals surface area (Å²) in [7, 11) is 0. The average Bonchev–Trinajstić information content (AvgIpc) is 2.24. The third-order valence-corrected chi connectivity index (χ3v) is 1.53. The van der Waals surface area contributed by atoms with Crippen molar-refractivity contribution in [2.75, 3.05) is 13.2 Å². The minimum atomic E-state index is -2.22. The molecule has 0 heterocycles. The van der Waals surface area contributed by atoms with Gasteiger partial charge in [0.05, 0.1) is 0 Å². The van der Waals surface area contributed by atoms with Gasteiger partial charge in [-0.15, -0.1) is 0 Å². The zero-order valence-corrected chi connectivity index (χ0v) is 8.42. The number of ether oxygens (including phenoxy) is 1. The van der Waals surface area contributed by atoms with Crippen molar-refractivity contribution in [1.29, 1.82) is 0 Å². The van der Waals surface area contributed by atoms with Crippen LogP contribution < -0.4 is 22.9 Å². The van der Waals surface area contributed by atoms with Gasteiger partial charge >= 0.3 is 0 Å². The molecule has 0 unspecified atom stereocenters. The standard InChI is InChI=1S/C8H6F5NO.ClH/c9-3-4(10)6(12)8(15-2-1-14)7(13)5(3)11;/h1-2,14H2;1H/p-1. The Labute approximate surface area is 93.6 Å². The molecule has 0 aliphatic rings. The molecule has 0 spiro atoms. The summed E-state index contributed by atoms with van der Waals surface area (Å²) in [4.78, 5) is 0. The summed E-state index contributed by atoms with van der Waals surface area (Å²) in [5.74, 6) is -11.6. The smallest absolute Gasteiger partial charge is 0.206 e. The van der Waals surface area contributed by atoms with Gasteiger partial charge in [-0.3, -0.25) is 0 Å². The van der Waals surface area contributed by atoms with E-state index in [2.05, 4.69) is 4.74 Å². The number of rotatable bonds is 3. The van der Waals surface area contributed by atoms with Crippen molar-refractivity contribution in [3.05, 3.63) is 29.1 Å². The summed E-state index contributed by atoms with van der Waals surface area (Å²) in [5, 5.41) is 0. The molecule has 0 bridgehead atoms. The first-order chi connectivity index (χ1) is 7.00. The maximum absolute atomic E-state index is 12.8. The van der Waals surface area contributed by atoms with Crippen molar-refractivity contribution in [3.8, 4) is 5.75 Å². The first-order valence-electron chi connectivity index (χ1n) is 3.85. The second-order valence-electron chi connectivity index (χ2n) is 2.54. The normalized spacial score (nSPS) is 9.88. The van der Waals surface area contributed by atoms with Crippen LogP contribution in [0.1, 0.15) is 0 Å². The van der Waals surface area contributed by atoms with Gasteiger partial charge in [-0.2, -0.15) is 8.78 Å². The highest BCUT2D eigenvalue weighted by Gasteiger charge is 2.26. The fourth-order valence-electron chi connectivity index (χ4n) is 0.872. The molecule has 0 atom stereocenters. The molecule has 1 rings (SSSR count). The monoisotopic (exact) mass is 262 g/mol. The lowest BCUT2D eigenvalue weighted by Crippen LogP contribution is -3.00. The van der Waals surface area contributed by atoms with Crippen molar-refractivity contribution < 1.29 is 39.1 Å². The molecule has 92 valence electrons. The Hall–Kier alpha value is -1.08. The van der Waals surface area contributed by atoms with Gasteiger partial charge in [0.1, 0.15) is 6.61 Å². The third-order valence-electron chi connectivity index (χ3n) is 1.53. The summed E-state index contributed by atoms with van der Waals surface area (Å²) in [6.45, 7) is -0.460. The van der Waals surface area contributed by atoms with E-state index in [4.69, 9.17) is 5.73 Å². The number of benzene rings is 1. The van der Waals surface area contributed by atoms with Crippen molar-refractivity contribution in [3.63, 3.8) is 0 Å². The molecule has 0 saturated heterocycles. The Morgan fingerprint density at radius 3 is 1.56 bits per heavy atom. The van der Waals surface area contributed by atoms with E-state index >= 15 is 0 Å². The van der Waals surface area contributed by atoms with E-state index in [1.165, 1.54) is 0 Å². The Morgan fingerprint density at radius 1 is 0.812 bits per heavy atom. The summed E-state index contributed by atoms with van der Waals surface area (Å²) in [5.41, 5.74) is 4.95. The van der Waals surface area contributed by atoms with E-state index in [-0.39, 0.29) is 25.6 Å². The van der Waals surface area contributed by atoms with E-state index in [1.54, 1.807) is 0 Å². The second kappa shape index (κ2) is 5.86. The highest BCUT2D eigenvalue weighted by molar-refractivity contribution is 5.29. The maximum atomic E-state index is 12.8. The molecule has 0 saturated carbocycles. The molecule has 0 amide bonds. The lowest BCUT2D eigenvalue weighted by molar-refractivity contribution is -0.00000592. The highest BCUT2D eigenvalue weighted by atomic mass is 35.5. The van der Waals surface area contributed by atoms with Gasteiger partial charge in [-0.25, -0.2) is 13.2 Å². The van der Waals surface area contributed by atoms with Gasteiger partial charge in [0.2, 0.25) is 29.1 Å². The molecule has 8 heteroatoms. The van der Waals surface area contributed by atoms with E-state index in [0.717, 1.165) is 0 Å². The predicted octanol–water partition coefficient (Wildman–Crippen LogP) is -1.28. The largest absolute Gasteiger partial charge is 1.00 e. The van der Waals surface area contributed by atoms with Crippen molar-refractivity contribution in [2.24, 2.45) is 5.73 Å². The van der Waals surface area contributed by atoms with Crippen molar-refractivity contribution >= 4 is 0 Å². The molecule has 2 nitrogen and oxygen atoms in total.